The lowest BCUT2D eigenvalue weighted by molar-refractivity contribution is 0.214. The van der Waals surface area contributed by atoms with Crippen LogP contribution in [0.1, 0.15) is 30.5 Å². The molecule has 2 aromatic heterocycles. The van der Waals surface area contributed by atoms with Crippen LogP contribution in [0.15, 0.2) is 23.0 Å². The molecule has 0 amide bonds. The lowest BCUT2D eigenvalue weighted by atomic mass is 10.3. The Kier molecular flexibility index (Phi) is 3.27. The molecule has 2 aromatic rings. The van der Waals surface area contributed by atoms with E-state index in [2.05, 4.69) is 29.9 Å². The standard InChI is InChI=1S/C14H18N6O/c1-4-15-14(16-5-1)20-8-6-19(7-9-20)10-12-17-13(18-21-12)11-2-3-11/h1,4-5,11H,2-3,6-10H2. The third kappa shape index (κ3) is 2.87. The first-order valence-electron chi connectivity index (χ1n) is 7.45. The lowest BCUT2D eigenvalue weighted by Gasteiger charge is -2.33. The Morgan fingerprint density at radius 3 is 2.57 bits per heavy atom. The van der Waals surface area contributed by atoms with Gasteiger partial charge in [0.15, 0.2) is 5.82 Å². The normalized spacial score (nSPS) is 19.9. The van der Waals surface area contributed by atoms with E-state index in [9.17, 15) is 0 Å². The van der Waals surface area contributed by atoms with Crippen LogP contribution in [0.2, 0.25) is 0 Å². The third-order valence-corrected chi connectivity index (χ3v) is 3.99. The molecule has 0 bridgehead atoms. The van der Waals surface area contributed by atoms with Gasteiger partial charge < -0.3 is 9.42 Å². The van der Waals surface area contributed by atoms with Gasteiger partial charge >= 0.3 is 0 Å². The summed E-state index contributed by atoms with van der Waals surface area (Å²) in [5, 5.41) is 4.06. The van der Waals surface area contributed by atoms with Crippen molar-refractivity contribution in [2.24, 2.45) is 0 Å². The van der Waals surface area contributed by atoms with Crippen molar-refractivity contribution < 1.29 is 4.52 Å². The van der Waals surface area contributed by atoms with Gasteiger partial charge in [-0.25, -0.2) is 9.97 Å². The SMILES string of the molecule is c1cnc(N2CCN(Cc3nc(C4CC4)no3)CC2)nc1. The van der Waals surface area contributed by atoms with Crippen molar-refractivity contribution in [3.63, 3.8) is 0 Å². The summed E-state index contributed by atoms with van der Waals surface area (Å²) >= 11 is 0. The van der Waals surface area contributed by atoms with Crippen LogP contribution in [0.5, 0.6) is 0 Å². The molecule has 0 radical (unpaired) electrons. The van der Waals surface area contributed by atoms with E-state index in [1.54, 1.807) is 12.4 Å². The van der Waals surface area contributed by atoms with Gasteiger partial charge in [-0.3, -0.25) is 4.90 Å². The first kappa shape index (κ1) is 12.7. The molecule has 4 rings (SSSR count). The van der Waals surface area contributed by atoms with Crippen LogP contribution in [0.4, 0.5) is 5.95 Å². The van der Waals surface area contributed by atoms with Crippen molar-refractivity contribution in [1.82, 2.24) is 25.0 Å². The topological polar surface area (TPSA) is 71.2 Å². The van der Waals surface area contributed by atoms with E-state index in [1.807, 2.05) is 6.07 Å². The monoisotopic (exact) mass is 286 g/mol. The highest BCUT2D eigenvalue weighted by molar-refractivity contribution is 5.29. The zero-order chi connectivity index (χ0) is 14.1. The second-order valence-corrected chi connectivity index (χ2v) is 5.63. The van der Waals surface area contributed by atoms with Crippen LogP contribution in [-0.2, 0) is 6.54 Å². The van der Waals surface area contributed by atoms with Crippen LogP contribution >= 0.6 is 0 Å². The molecule has 1 saturated carbocycles. The number of aromatic nitrogens is 4. The fourth-order valence-corrected chi connectivity index (χ4v) is 2.59. The highest BCUT2D eigenvalue weighted by Crippen LogP contribution is 2.38. The molecule has 2 aliphatic rings. The molecular weight excluding hydrogens is 268 g/mol. The molecule has 21 heavy (non-hydrogen) atoms. The van der Waals surface area contributed by atoms with Crippen LogP contribution < -0.4 is 4.90 Å². The average Bonchev–Trinajstić information content (AvgIpc) is 3.29. The van der Waals surface area contributed by atoms with Gasteiger partial charge in [-0.05, 0) is 18.9 Å². The van der Waals surface area contributed by atoms with Crippen LogP contribution in [0.25, 0.3) is 0 Å². The number of hydrogen-bond acceptors (Lipinski definition) is 7. The second kappa shape index (κ2) is 5.40. The zero-order valence-corrected chi connectivity index (χ0v) is 11.9. The number of piperazine rings is 1. The summed E-state index contributed by atoms with van der Waals surface area (Å²) in [4.78, 5) is 17.6. The van der Waals surface area contributed by atoms with E-state index in [-0.39, 0.29) is 0 Å². The summed E-state index contributed by atoms with van der Waals surface area (Å²) in [5.74, 6) is 2.99. The zero-order valence-electron chi connectivity index (χ0n) is 11.9. The smallest absolute Gasteiger partial charge is 0.240 e. The van der Waals surface area contributed by atoms with E-state index in [1.165, 1.54) is 12.8 Å². The van der Waals surface area contributed by atoms with Crippen molar-refractivity contribution in [2.75, 3.05) is 31.1 Å². The van der Waals surface area contributed by atoms with E-state index in [0.29, 0.717) is 5.92 Å². The van der Waals surface area contributed by atoms with Gasteiger partial charge in [-0.15, -0.1) is 0 Å². The summed E-state index contributed by atoms with van der Waals surface area (Å²) in [6, 6.07) is 1.84. The van der Waals surface area contributed by atoms with Gasteiger partial charge in [0.05, 0.1) is 6.54 Å². The first-order valence-corrected chi connectivity index (χ1v) is 7.45. The minimum atomic E-state index is 0.551. The summed E-state index contributed by atoms with van der Waals surface area (Å²) in [6.45, 7) is 4.50. The van der Waals surface area contributed by atoms with Gasteiger partial charge in [0, 0.05) is 44.5 Å². The molecule has 0 aromatic carbocycles. The fourth-order valence-electron chi connectivity index (χ4n) is 2.59. The maximum atomic E-state index is 5.34. The summed E-state index contributed by atoms with van der Waals surface area (Å²) < 4.78 is 5.34. The molecular formula is C14H18N6O. The maximum Gasteiger partial charge on any atom is 0.240 e. The van der Waals surface area contributed by atoms with E-state index < -0.39 is 0 Å². The maximum absolute atomic E-state index is 5.34. The Morgan fingerprint density at radius 1 is 1.10 bits per heavy atom. The molecule has 0 atom stereocenters. The molecule has 1 aliphatic carbocycles. The summed E-state index contributed by atoms with van der Waals surface area (Å²) in [7, 11) is 0. The van der Waals surface area contributed by atoms with Crippen molar-refractivity contribution >= 4 is 5.95 Å². The lowest BCUT2D eigenvalue weighted by Crippen LogP contribution is -2.46. The molecule has 7 nitrogen and oxygen atoms in total. The summed E-state index contributed by atoms with van der Waals surface area (Å²) in [6.07, 6.45) is 5.97. The Bertz CT molecular complexity index is 589. The van der Waals surface area contributed by atoms with E-state index in [4.69, 9.17) is 4.52 Å². The van der Waals surface area contributed by atoms with E-state index >= 15 is 0 Å². The quantitative estimate of drug-likeness (QED) is 0.832. The Morgan fingerprint density at radius 2 is 1.86 bits per heavy atom. The number of hydrogen-bond donors (Lipinski definition) is 0. The van der Waals surface area contributed by atoms with Crippen LogP contribution in [0.3, 0.4) is 0 Å². The largest absolute Gasteiger partial charge is 0.338 e. The van der Waals surface area contributed by atoms with Gasteiger partial charge in [0.1, 0.15) is 0 Å². The number of rotatable bonds is 4. The highest BCUT2D eigenvalue weighted by atomic mass is 16.5. The summed E-state index contributed by atoms with van der Waals surface area (Å²) in [5.41, 5.74) is 0. The third-order valence-electron chi connectivity index (χ3n) is 3.99. The molecule has 1 aliphatic heterocycles. The molecule has 7 heteroatoms. The van der Waals surface area contributed by atoms with Gasteiger partial charge in [-0.1, -0.05) is 5.16 Å². The fraction of sp³-hybridized carbons (Fsp3) is 0.571. The molecule has 0 N–H and O–H groups in total. The van der Waals surface area contributed by atoms with Crippen LogP contribution in [0, 0.1) is 0 Å². The Labute approximate surface area is 123 Å². The molecule has 3 heterocycles. The van der Waals surface area contributed by atoms with E-state index in [0.717, 1.165) is 50.4 Å². The second-order valence-electron chi connectivity index (χ2n) is 5.63. The van der Waals surface area contributed by atoms with Gasteiger partial charge in [0.25, 0.3) is 0 Å². The average molecular weight is 286 g/mol. The first-order chi connectivity index (χ1) is 10.4. The van der Waals surface area contributed by atoms with Crippen molar-refractivity contribution in [1.29, 1.82) is 0 Å². The van der Waals surface area contributed by atoms with Crippen molar-refractivity contribution in [3.8, 4) is 0 Å². The number of nitrogens with zero attached hydrogens (tertiary/aromatic N) is 6. The molecule has 0 spiro atoms. The number of anilines is 1. The predicted octanol–water partition coefficient (Wildman–Crippen LogP) is 1.06. The molecule has 1 saturated heterocycles. The Hall–Kier alpha value is -2.02. The Balaban J connectivity index is 1.32. The van der Waals surface area contributed by atoms with Gasteiger partial charge in [-0.2, -0.15) is 4.98 Å². The minimum absolute atomic E-state index is 0.551. The van der Waals surface area contributed by atoms with Crippen LogP contribution in [-0.4, -0.2) is 51.2 Å². The minimum Gasteiger partial charge on any atom is -0.338 e. The molecule has 2 fully saturated rings. The highest BCUT2D eigenvalue weighted by Gasteiger charge is 2.29. The predicted molar refractivity (Wildman–Crippen MR) is 75.8 cm³/mol. The van der Waals surface area contributed by atoms with Crippen molar-refractivity contribution in [2.45, 2.75) is 25.3 Å². The van der Waals surface area contributed by atoms with Gasteiger partial charge in [0.2, 0.25) is 11.8 Å². The molecule has 0 unspecified atom stereocenters. The van der Waals surface area contributed by atoms with Crippen molar-refractivity contribution in [3.05, 3.63) is 30.2 Å². The molecule has 110 valence electrons.